The number of carbonyl (C=O) groups is 3. The minimum absolute atomic E-state index is 0.00580. The molecule has 188 valence electrons. The monoisotopic (exact) mass is 494 g/mol. The number of carboxylic acid groups (broad SMARTS) is 1. The van der Waals surface area contributed by atoms with Crippen LogP contribution in [0.25, 0.3) is 0 Å². The van der Waals surface area contributed by atoms with Gasteiger partial charge in [0.05, 0.1) is 23.8 Å². The predicted molar refractivity (Wildman–Crippen MR) is 144 cm³/mol. The summed E-state index contributed by atoms with van der Waals surface area (Å²) in [5, 5.41) is 12.8. The standard InChI is InChI=1S/C31H30N2O4/c1-19-7-11-21(12-8-19)23-17-25-30(27(34)18-23)31(22-13-9-20(2)10-14-22)33(28(35)15-16-29(36)37)26-6-4-3-5-24(26)32-25/h3-14,23,31-32H,15-18H2,1-2H3,(H,36,37)/t23-,31-/m1/s1. The Labute approximate surface area is 216 Å². The van der Waals surface area contributed by atoms with Crippen molar-refractivity contribution in [3.8, 4) is 0 Å². The number of aryl methyl sites for hydroxylation is 2. The van der Waals surface area contributed by atoms with Gasteiger partial charge in [0.25, 0.3) is 0 Å². The molecule has 3 aromatic carbocycles. The molecule has 0 aromatic heterocycles. The molecule has 3 aromatic rings. The van der Waals surface area contributed by atoms with E-state index in [1.54, 1.807) is 4.90 Å². The number of Topliss-reactive ketones (excluding diaryl/α,β-unsaturated/α-hetero) is 1. The lowest BCUT2D eigenvalue weighted by molar-refractivity contribution is -0.138. The summed E-state index contributed by atoms with van der Waals surface area (Å²) in [5.74, 6) is -1.34. The number of hydrogen-bond donors (Lipinski definition) is 2. The molecule has 1 aliphatic carbocycles. The summed E-state index contributed by atoms with van der Waals surface area (Å²) in [5.41, 5.74) is 6.93. The molecule has 1 aliphatic heterocycles. The van der Waals surface area contributed by atoms with Crippen molar-refractivity contribution in [1.29, 1.82) is 0 Å². The zero-order valence-corrected chi connectivity index (χ0v) is 21.0. The number of carboxylic acids is 1. The van der Waals surface area contributed by atoms with Crippen molar-refractivity contribution < 1.29 is 19.5 Å². The number of allylic oxidation sites excluding steroid dienone is 1. The van der Waals surface area contributed by atoms with E-state index in [4.69, 9.17) is 0 Å². The summed E-state index contributed by atoms with van der Waals surface area (Å²) in [6, 6.07) is 23.0. The highest BCUT2D eigenvalue weighted by atomic mass is 16.4. The van der Waals surface area contributed by atoms with E-state index in [0.29, 0.717) is 24.1 Å². The molecule has 0 saturated carbocycles. The Morgan fingerprint density at radius 3 is 2.14 bits per heavy atom. The first-order chi connectivity index (χ1) is 17.8. The van der Waals surface area contributed by atoms with Gasteiger partial charge < -0.3 is 10.4 Å². The van der Waals surface area contributed by atoms with E-state index in [1.807, 2.05) is 62.4 Å². The van der Waals surface area contributed by atoms with E-state index in [9.17, 15) is 19.5 Å². The fraction of sp³-hybridized carbons (Fsp3) is 0.258. The largest absolute Gasteiger partial charge is 0.481 e. The lowest BCUT2D eigenvalue weighted by Gasteiger charge is -2.35. The van der Waals surface area contributed by atoms with Crippen LogP contribution in [0.4, 0.5) is 11.4 Å². The Morgan fingerprint density at radius 1 is 0.865 bits per heavy atom. The van der Waals surface area contributed by atoms with Crippen LogP contribution in [-0.4, -0.2) is 22.8 Å². The van der Waals surface area contributed by atoms with Crippen molar-refractivity contribution in [3.63, 3.8) is 0 Å². The Bertz CT molecular complexity index is 1390. The second-order valence-corrected chi connectivity index (χ2v) is 9.94. The molecule has 0 radical (unpaired) electrons. The molecular formula is C31H30N2O4. The van der Waals surface area contributed by atoms with Gasteiger partial charge in [0, 0.05) is 24.1 Å². The van der Waals surface area contributed by atoms with E-state index in [2.05, 4.69) is 29.6 Å². The highest BCUT2D eigenvalue weighted by Gasteiger charge is 2.41. The normalized spacial score (nSPS) is 19.0. The van der Waals surface area contributed by atoms with Gasteiger partial charge in [-0.2, -0.15) is 0 Å². The topological polar surface area (TPSA) is 86.7 Å². The van der Waals surface area contributed by atoms with Crippen LogP contribution in [0.2, 0.25) is 0 Å². The molecule has 37 heavy (non-hydrogen) atoms. The Hall–Kier alpha value is -4.19. The molecule has 2 aliphatic rings. The van der Waals surface area contributed by atoms with E-state index in [-0.39, 0.29) is 30.4 Å². The van der Waals surface area contributed by atoms with Crippen molar-refractivity contribution in [3.05, 3.63) is 106 Å². The fourth-order valence-corrected chi connectivity index (χ4v) is 5.34. The van der Waals surface area contributed by atoms with Gasteiger partial charge in [0.1, 0.15) is 0 Å². The number of fused-ring (bicyclic) bond motifs is 1. The number of nitrogens with one attached hydrogen (secondary N) is 1. The first-order valence-corrected chi connectivity index (χ1v) is 12.6. The molecule has 1 amide bonds. The maximum atomic E-state index is 13.9. The Kier molecular flexibility index (Phi) is 6.66. The van der Waals surface area contributed by atoms with Gasteiger partial charge in [0.2, 0.25) is 5.91 Å². The quantitative estimate of drug-likeness (QED) is 0.450. The van der Waals surface area contributed by atoms with E-state index >= 15 is 0 Å². The summed E-state index contributed by atoms with van der Waals surface area (Å²) in [4.78, 5) is 40.5. The predicted octanol–water partition coefficient (Wildman–Crippen LogP) is 6.07. The summed E-state index contributed by atoms with van der Waals surface area (Å²) < 4.78 is 0. The van der Waals surface area contributed by atoms with Crippen molar-refractivity contribution >= 4 is 29.0 Å². The van der Waals surface area contributed by atoms with E-state index < -0.39 is 12.0 Å². The average Bonchev–Trinajstić information content (AvgIpc) is 3.03. The van der Waals surface area contributed by atoms with E-state index in [0.717, 1.165) is 28.1 Å². The maximum absolute atomic E-state index is 13.9. The van der Waals surface area contributed by atoms with Crippen molar-refractivity contribution in [2.24, 2.45) is 0 Å². The molecule has 5 rings (SSSR count). The number of ketones is 1. The van der Waals surface area contributed by atoms with Crippen LogP contribution in [-0.2, 0) is 14.4 Å². The van der Waals surface area contributed by atoms with Crippen molar-refractivity contribution in [2.45, 2.75) is 51.5 Å². The molecule has 6 heteroatoms. The maximum Gasteiger partial charge on any atom is 0.303 e. The lowest BCUT2D eigenvalue weighted by atomic mass is 9.78. The molecule has 2 atom stereocenters. The number of para-hydroxylation sites is 2. The lowest BCUT2D eigenvalue weighted by Crippen LogP contribution is -2.38. The summed E-state index contributed by atoms with van der Waals surface area (Å²) >= 11 is 0. The second-order valence-electron chi connectivity index (χ2n) is 9.94. The summed E-state index contributed by atoms with van der Waals surface area (Å²) in [6.45, 7) is 4.04. The number of nitrogens with zero attached hydrogens (tertiary/aromatic N) is 1. The first kappa shape index (κ1) is 24.5. The van der Waals surface area contributed by atoms with Crippen LogP contribution < -0.4 is 10.2 Å². The molecule has 0 unspecified atom stereocenters. The van der Waals surface area contributed by atoms with Gasteiger partial charge >= 0.3 is 5.97 Å². The molecular weight excluding hydrogens is 464 g/mol. The molecule has 0 bridgehead atoms. The number of anilines is 2. The minimum Gasteiger partial charge on any atom is -0.481 e. The number of rotatable bonds is 5. The van der Waals surface area contributed by atoms with Gasteiger partial charge in [-0.15, -0.1) is 0 Å². The molecule has 1 heterocycles. The minimum atomic E-state index is -1.03. The molecule has 2 N–H and O–H groups in total. The molecule has 0 saturated heterocycles. The second kappa shape index (κ2) is 10.1. The SMILES string of the molecule is Cc1ccc([C@H]2CC(=O)C3=C(C2)Nc2ccccc2N(C(=O)CCC(=O)O)[C@@H]3c2ccc(C)cc2)cc1. The van der Waals surface area contributed by atoms with Crippen LogP contribution in [0.3, 0.4) is 0 Å². The number of amides is 1. The zero-order valence-electron chi connectivity index (χ0n) is 21.0. The van der Waals surface area contributed by atoms with Crippen LogP contribution >= 0.6 is 0 Å². The van der Waals surface area contributed by atoms with Gasteiger partial charge in [-0.3, -0.25) is 19.3 Å². The number of carbonyl (C=O) groups excluding carboxylic acids is 2. The van der Waals surface area contributed by atoms with Crippen molar-refractivity contribution in [1.82, 2.24) is 0 Å². The first-order valence-electron chi connectivity index (χ1n) is 12.6. The van der Waals surface area contributed by atoms with Crippen LogP contribution in [0.5, 0.6) is 0 Å². The summed E-state index contributed by atoms with van der Waals surface area (Å²) in [6.07, 6.45) is 0.549. The van der Waals surface area contributed by atoms with Gasteiger partial charge in [0.15, 0.2) is 5.78 Å². The number of hydrogen-bond acceptors (Lipinski definition) is 4. The Morgan fingerprint density at radius 2 is 1.49 bits per heavy atom. The smallest absolute Gasteiger partial charge is 0.303 e. The van der Waals surface area contributed by atoms with Crippen LogP contribution in [0.15, 0.2) is 84.1 Å². The molecule has 0 fully saturated rings. The third kappa shape index (κ3) is 4.92. The number of aliphatic carboxylic acids is 1. The highest BCUT2D eigenvalue weighted by molar-refractivity contribution is 6.06. The van der Waals surface area contributed by atoms with E-state index in [1.165, 1.54) is 5.56 Å². The van der Waals surface area contributed by atoms with Crippen molar-refractivity contribution in [2.75, 3.05) is 10.2 Å². The van der Waals surface area contributed by atoms with Gasteiger partial charge in [-0.1, -0.05) is 71.8 Å². The number of benzene rings is 3. The zero-order chi connectivity index (χ0) is 26.1. The Balaban J connectivity index is 1.67. The van der Waals surface area contributed by atoms with Gasteiger partial charge in [-0.05, 0) is 49.4 Å². The van der Waals surface area contributed by atoms with Gasteiger partial charge in [-0.25, -0.2) is 0 Å². The highest BCUT2D eigenvalue weighted by Crippen LogP contribution is 2.47. The summed E-state index contributed by atoms with van der Waals surface area (Å²) in [7, 11) is 0. The molecule has 6 nitrogen and oxygen atoms in total. The van der Waals surface area contributed by atoms with Crippen LogP contribution in [0.1, 0.15) is 59.9 Å². The third-order valence-corrected chi connectivity index (χ3v) is 7.25. The fourth-order valence-electron chi connectivity index (χ4n) is 5.34. The third-order valence-electron chi connectivity index (χ3n) is 7.25. The molecule has 0 spiro atoms. The average molecular weight is 495 g/mol. The van der Waals surface area contributed by atoms with Crippen LogP contribution in [0, 0.1) is 13.8 Å².